The number of alkyl halides is 1. The van der Waals surface area contributed by atoms with E-state index >= 15 is 0 Å². The number of halogens is 1. The highest BCUT2D eigenvalue weighted by Gasteiger charge is 2.20. The number of hydrogen-bond acceptors (Lipinski definition) is 2. The summed E-state index contributed by atoms with van der Waals surface area (Å²) >= 11 is 6.31. The minimum atomic E-state index is 0.128. The maximum atomic E-state index is 6.31. The minimum Gasteiger partial charge on any atom is -0.493 e. The van der Waals surface area contributed by atoms with Gasteiger partial charge >= 0.3 is 0 Å². The molecule has 3 nitrogen and oxygen atoms in total. The van der Waals surface area contributed by atoms with E-state index in [4.69, 9.17) is 16.3 Å². The van der Waals surface area contributed by atoms with Gasteiger partial charge in [-0.2, -0.15) is 5.10 Å². The van der Waals surface area contributed by atoms with Crippen LogP contribution in [0.4, 0.5) is 0 Å². The fraction of sp³-hybridized carbons (Fsp3) is 0.643. The lowest BCUT2D eigenvalue weighted by molar-refractivity contribution is 0.410. The largest absolute Gasteiger partial charge is 0.493 e. The van der Waals surface area contributed by atoms with Crippen molar-refractivity contribution >= 4 is 17.2 Å². The van der Waals surface area contributed by atoms with Crippen LogP contribution in [0.25, 0.3) is 5.57 Å². The SMILES string of the molecule is COc1cnn(C(C)C)c1C1=CC(Cl)CCCC1. The van der Waals surface area contributed by atoms with Crippen molar-refractivity contribution < 1.29 is 4.74 Å². The molecule has 0 bridgehead atoms. The average molecular weight is 269 g/mol. The molecule has 1 unspecified atom stereocenters. The minimum absolute atomic E-state index is 0.128. The predicted molar refractivity (Wildman–Crippen MR) is 75.3 cm³/mol. The quantitative estimate of drug-likeness (QED) is 0.774. The molecule has 18 heavy (non-hydrogen) atoms. The van der Waals surface area contributed by atoms with E-state index in [-0.39, 0.29) is 5.38 Å². The summed E-state index contributed by atoms with van der Waals surface area (Å²) in [5, 5.41) is 4.55. The van der Waals surface area contributed by atoms with Crippen molar-refractivity contribution in [2.45, 2.75) is 50.9 Å². The van der Waals surface area contributed by atoms with Crippen molar-refractivity contribution in [3.8, 4) is 5.75 Å². The fourth-order valence-electron chi connectivity index (χ4n) is 2.43. The molecule has 0 spiro atoms. The second-order valence-corrected chi connectivity index (χ2v) is 5.61. The maximum absolute atomic E-state index is 6.31. The van der Waals surface area contributed by atoms with Gasteiger partial charge in [0.1, 0.15) is 5.69 Å². The Bertz CT molecular complexity index is 437. The molecule has 0 saturated carbocycles. The lowest BCUT2D eigenvalue weighted by Gasteiger charge is -2.14. The van der Waals surface area contributed by atoms with Gasteiger partial charge in [0.25, 0.3) is 0 Å². The van der Waals surface area contributed by atoms with E-state index in [1.54, 1.807) is 13.3 Å². The summed E-state index contributed by atoms with van der Waals surface area (Å²) in [6.45, 7) is 4.26. The molecule has 100 valence electrons. The zero-order valence-corrected chi connectivity index (χ0v) is 12.1. The van der Waals surface area contributed by atoms with Gasteiger partial charge in [-0.05, 0) is 38.7 Å². The first kappa shape index (κ1) is 13.5. The van der Waals surface area contributed by atoms with Crippen molar-refractivity contribution in [3.05, 3.63) is 18.0 Å². The molecule has 4 heteroatoms. The van der Waals surface area contributed by atoms with Gasteiger partial charge in [0.2, 0.25) is 0 Å². The normalized spacial score (nSPS) is 20.7. The Kier molecular flexibility index (Phi) is 4.33. The number of allylic oxidation sites excluding steroid dienone is 2. The Hall–Kier alpha value is -0.960. The van der Waals surface area contributed by atoms with E-state index < -0.39 is 0 Å². The monoisotopic (exact) mass is 268 g/mol. The third-order valence-corrected chi connectivity index (χ3v) is 3.68. The lowest BCUT2D eigenvalue weighted by Crippen LogP contribution is -2.08. The predicted octanol–water partition coefficient (Wildman–Crippen LogP) is 4.04. The summed E-state index contributed by atoms with van der Waals surface area (Å²) in [5.74, 6) is 0.848. The standard InChI is InChI=1S/C14H21ClN2O/c1-10(2)17-14(13(18-3)9-16-17)11-6-4-5-7-12(15)8-11/h8-10,12H,4-7H2,1-3H3. The van der Waals surface area contributed by atoms with E-state index in [1.807, 2.05) is 4.68 Å². The van der Waals surface area contributed by atoms with Gasteiger partial charge in [0.15, 0.2) is 5.75 Å². The first-order valence-corrected chi connectivity index (χ1v) is 7.03. The van der Waals surface area contributed by atoms with Crippen molar-refractivity contribution in [1.29, 1.82) is 0 Å². The highest BCUT2D eigenvalue weighted by Crippen LogP contribution is 2.34. The van der Waals surface area contributed by atoms with Gasteiger partial charge < -0.3 is 4.74 Å². The van der Waals surface area contributed by atoms with Gasteiger partial charge in [0, 0.05) is 6.04 Å². The number of nitrogens with zero attached hydrogens (tertiary/aromatic N) is 2. The van der Waals surface area contributed by atoms with Crippen LogP contribution in [-0.2, 0) is 0 Å². The van der Waals surface area contributed by atoms with E-state index in [1.165, 1.54) is 18.4 Å². The molecule has 0 fully saturated rings. The fourth-order valence-corrected chi connectivity index (χ4v) is 2.74. The molecule has 1 heterocycles. The van der Waals surface area contributed by atoms with Crippen molar-refractivity contribution in [2.75, 3.05) is 7.11 Å². The van der Waals surface area contributed by atoms with E-state index in [9.17, 15) is 0 Å². The molecule has 1 aliphatic rings. The number of rotatable bonds is 3. The Morgan fingerprint density at radius 3 is 2.89 bits per heavy atom. The van der Waals surface area contributed by atoms with Crippen LogP contribution in [0.2, 0.25) is 0 Å². The van der Waals surface area contributed by atoms with Crippen LogP contribution in [0, 0.1) is 0 Å². The molecule has 0 radical (unpaired) electrons. The highest BCUT2D eigenvalue weighted by molar-refractivity contribution is 6.22. The second-order valence-electron chi connectivity index (χ2n) is 5.05. The first-order chi connectivity index (χ1) is 8.63. The van der Waals surface area contributed by atoms with Crippen LogP contribution in [-0.4, -0.2) is 22.3 Å². The maximum Gasteiger partial charge on any atom is 0.164 e. The summed E-state index contributed by atoms with van der Waals surface area (Å²) in [5.41, 5.74) is 2.37. The van der Waals surface area contributed by atoms with Crippen LogP contribution in [0.15, 0.2) is 12.3 Å². The third kappa shape index (κ3) is 2.72. The smallest absolute Gasteiger partial charge is 0.164 e. The molecule has 1 aliphatic carbocycles. The topological polar surface area (TPSA) is 27.1 Å². The molecule has 0 amide bonds. The second kappa shape index (κ2) is 5.79. The zero-order valence-electron chi connectivity index (χ0n) is 11.3. The van der Waals surface area contributed by atoms with Crippen LogP contribution < -0.4 is 4.74 Å². The molecule has 0 N–H and O–H groups in total. The molecular weight excluding hydrogens is 248 g/mol. The van der Waals surface area contributed by atoms with E-state index in [0.717, 1.165) is 24.3 Å². The molecule has 0 aromatic carbocycles. The molecule has 1 aromatic rings. The molecule has 2 rings (SSSR count). The van der Waals surface area contributed by atoms with Gasteiger partial charge in [0.05, 0.1) is 18.7 Å². The number of hydrogen-bond donors (Lipinski definition) is 0. The Labute approximate surface area is 114 Å². The molecular formula is C14H21ClN2O. The highest BCUT2D eigenvalue weighted by atomic mass is 35.5. The van der Waals surface area contributed by atoms with Crippen LogP contribution in [0.5, 0.6) is 5.75 Å². The first-order valence-electron chi connectivity index (χ1n) is 6.60. The zero-order chi connectivity index (χ0) is 13.1. The van der Waals surface area contributed by atoms with E-state index in [2.05, 4.69) is 25.0 Å². The molecule has 1 aromatic heterocycles. The number of aromatic nitrogens is 2. The van der Waals surface area contributed by atoms with Crippen molar-refractivity contribution in [3.63, 3.8) is 0 Å². The van der Waals surface area contributed by atoms with Gasteiger partial charge in [-0.1, -0.05) is 12.5 Å². The summed E-state index contributed by atoms with van der Waals surface area (Å²) in [6.07, 6.45) is 8.45. The van der Waals surface area contributed by atoms with Gasteiger partial charge in [-0.3, -0.25) is 4.68 Å². The average Bonchev–Trinajstić information content (AvgIpc) is 2.66. The van der Waals surface area contributed by atoms with Crippen LogP contribution >= 0.6 is 11.6 Å². The lowest BCUT2D eigenvalue weighted by atomic mass is 10.1. The summed E-state index contributed by atoms with van der Waals surface area (Å²) in [6, 6.07) is 0.321. The Balaban J connectivity index is 2.44. The number of ether oxygens (including phenoxy) is 1. The third-order valence-electron chi connectivity index (χ3n) is 3.33. The van der Waals surface area contributed by atoms with Gasteiger partial charge in [-0.15, -0.1) is 11.6 Å². The molecule has 0 aliphatic heterocycles. The van der Waals surface area contributed by atoms with Crippen molar-refractivity contribution in [2.24, 2.45) is 0 Å². The van der Waals surface area contributed by atoms with Crippen molar-refractivity contribution in [1.82, 2.24) is 9.78 Å². The molecule has 1 atom stereocenters. The number of methoxy groups -OCH3 is 1. The molecule has 0 saturated heterocycles. The van der Waals surface area contributed by atoms with Gasteiger partial charge in [-0.25, -0.2) is 0 Å². The van der Waals surface area contributed by atoms with E-state index in [0.29, 0.717) is 6.04 Å². The van der Waals surface area contributed by atoms with Crippen LogP contribution in [0.1, 0.15) is 51.3 Å². The summed E-state index contributed by atoms with van der Waals surface area (Å²) in [7, 11) is 1.70. The van der Waals surface area contributed by atoms with Crippen LogP contribution in [0.3, 0.4) is 0 Å². The summed E-state index contributed by atoms with van der Waals surface area (Å²) in [4.78, 5) is 0. The Morgan fingerprint density at radius 1 is 1.44 bits per heavy atom. The summed E-state index contributed by atoms with van der Waals surface area (Å²) < 4.78 is 7.47. The Morgan fingerprint density at radius 2 is 2.22 bits per heavy atom.